The zero-order valence-electron chi connectivity index (χ0n) is 8.99. The first-order valence-corrected chi connectivity index (χ1v) is 6.79. The van der Waals surface area contributed by atoms with Gasteiger partial charge in [-0.25, -0.2) is 17.2 Å². The van der Waals surface area contributed by atoms with E-state index in [2.05, 4.69) is 0 Å². The fourth-order valence-electron chi connectivity index (χ4n) is 1.45. The Morgan fingerprint density at radius 2 is 1.75 bits per heavy atom. The van der Waals surface area contributed by atoms with Crippen molar-refractivity contribution in [1.82, 2.24) is 0 Å². The smallest absolute Gasteiger partial charge is 0.258 e. The van der Waals surface area contributed by atoms with E-state index < -0.39 is 48.3 Å². The van der Waals surface area contributed by atoms with E-state index in [1.54, 1.807) is 0 Å². The van der Waals surface area contributed by atoms with E-state index in [0.29, 0.717) is 0 Å². The molecule has 1 aromatic rings. The summed E-state index contributed by atoms with van der Waals surface area (Å²) < 4.78 is 85.7. The Morgan fingerprint density at radius 1 is 1.25 bits per heavy atom. The lowest BCUT2D eigenvalue weighted by Gasteiger charge is -2.14. The maximum Gasteiger partial charge on any atom is 0.424 e. The minimum Gasteiger partial charge on any atom is -0.258 e. The van der Waals surface area contributed by atoms with E-state index in [4.69, 9.17) is 10.7 Å². The largest absolute Gasteiger partial charge is 0.424 e. The third-order valence-electron chi connectivity index (χ3n) is 2.13. The molecular formula is C8H3ClF5NO4S. The number of nitro groups is 1. The molecule has 0 aliphatic rings. The molecule has 0 bridgehead atoms. The summed E-state index contributed by atoms with van der Waals surface area (Å²) in [5.41, 5.74) is -5.56. The number of halogens is 6. The summed E-state index contributed by atoms with van der Waals surface area (Å²) in [4.78, 5) is 6.97. The number of hydrogen-bond acceptors (Lipinski definition) is 4. The van der Waals surface area contributed by atoms with Gasteiger partial charge in [-0.15, -0.1) is 0 Å². The standard InChI is InChI=1S/C8H3ClF5NO4S/c9-20(18,19)6-3(7(10)11)1-2-4(15(16)17)5(6)8(12,13)14/h1-2,7H. The fraction of sp³-hybridized carbons (Fsp3) is 0.250. The second-order valence-electron chi connectivity index (χ2n) is 3.37. The van der Waals surface area contributed by atoms with Crippen LogP contribution >= 0.6 is 10.7 Å². The quantitative estimate of drug-likeness (QED) is 0.365. The Labute approximate surface area is 112 Å². The zero-order valence-corrected chi connectivity index (χ0v) is 10.6. The lowest BCUT2D eigenvalue weighted by atomic mass is 10.1. The van der Waals surface area contributed by atoms with Crippen molar-refractivity contribution in [3.8, 4) is 0 Å². The van der Waals surface area contributed by atoms with Gasteiger partial charge in [-0.1, -0.05) is 0 Å². The Bertz CT molecular complexity index is 658. The van der Waals surface area contributed by atoms with Crippen molar-refractivity contribution in [3.05, 3.63) is 33.4 Å². The van der Waals surface area contributed by atoms with Crippen molar-refractivity contribution in [1.29, 1.82) is 0 Å². The van der Waals surface area contributed by atoms with Crippen LogP contribution in [0.15, 0.2) is 17.0 Å². The number of rotatable bonds is 3. The predicted molar refractivity (Wildman–Crippen MR) is 56.1 cm³/mol. The average Bonchev–Trinajstić information content (AvgIpc) is 2.24. The van der Waals surface area contributed by atoms with Crippen molar-refractivity contribution in [2.45, 2.75) is 17.5 Å². The van der Waals surface area contributed by atoms with E-state index in [1.165, 1.54) is 0 Å². The van der Waals surface area contributed by atoms with E-state index in [0.717, 1.165) is 0 Å². The number of alkyl halides is 5. The lowest BCUT2D eigenvalue weighted by molar-refractivity contribution is -0.388. The molecule has 0 aliphatic heterocycles. The van der Waals surface area contributed by atoms with Gasteiger partial charge in [-0.3, -0.25) is 10.1 Å². The van der Waals surface area contributed by atoms with Crippen LogP contribution in [0.3, 0.4) is 0 Å². The summed E-state index contributed by atoms with van der Waals surface area (Å²) >= 11 is 0. The fourth-order valence-corrected chi connectivity index (χ4v) is 2.85. The molecule has 0 heterocycles. The first-order valence-electron chi connectivity index (χ1n) is 4.48. The summed E-state index contributed by atoms with van der Waals surface area (Å²) in [5, 5.41) is 10.5. The van der Waals surface area contributed by atoms with Crippen molar-refractivity contribution in [2.24, 2.45) is 0 Å². The topological polar surface area (TPSA) is 77.3 Å². The minimum absolute atomic E-state index is 0.149. The van der Waals surface area contributed by atoms with E-state index in [-0.39, 0.29) is 12.1 Å². The molecule has 0 aliphatic carbocycles. The third kappa shape index (κ3) is 3.15. The van der Waals surface area contributed by atoms with Crippen LogP contribution in [0, 0.1) is 10.1 Å². The highest BCUT2D eigenvalue weighted by Crippen LogP contribution is 2.44. The van der Waals surface area contributed by atoms with Crippen LogP contribution in [-0.2, 0) is 15.2 Å². The van der Waals surface area contributed by atoms with Gasteiger partial charge in [0.25, 0.3) is 21.2 Å². The monoisotopic (exact) mass is 339 g/mol. The van der Waals surface area contributed by atoms with Crippen molar-refractivity contribution >= 4 is 25.4 Å². The van der Waals surface area contributed by atoms with Crippen LogP contribution in [0.2, 0.25) is 0 Å². The van der Waals surface area contributed by atoms with Gasteiger partial charge in [0.05, 0.1) is 4.92 Å². The van der Waals surface area contributed by atoms with Crippen LogP contribution < -0.4 is 0 Å². The molecule has 0 aromatic heterocycles. The van der Waals surface area contributed by atoms with Gasteiger partial charge in [0.15, 0.2) is 5.56 Å². The Kier molecular flexibility index (Phi) is 4.25. The highest BCUT2D eigenvalue weighted by molar-refractivity contribution is 8.13. The van der Waals surface area contributed by atoms with Crippen molar-refractivity contribution in [2.75, 3.05) is 0 Å². The molecule has 0 fully saturated rings. The van der Waals surface area contributed by atoms with Crippen LogP contribution in [0.4, 0.5) is 27.6 Å². The average molecular weight is 340 g/mol. The summed E-state index contributed by atoms with van der Waals surface area (Å²) in [6.45, 7) is 0. The van der Waals surface area contributed by atoms with Gasteiger partial charge >= 0.3 is 6.18 Å². The van der Waals surface area contributed by atoms with Gasteiger partial charge in [0.2, 0.25) is 0 Å². The zero-order chi connectivity index (χ0) is 15.9. The summed E-state index contributed by atoms with van der Waals surface area (Å²) in [5.74, 6) is 0. The van der Waals surface area contributed by atoms with Gasteiger partial charge in [-0.2, -0.15) is 13.2 Å². The summed E-state index contributed by atoms with van der Waals surface area (Å²) in [7, 11) is -0.569. The summed E-state index contributed by atoms with van der Waals surface area (Å²) in [6.07, 6.45) is -9.16. The van der Waals surface area contributed by atoms with Gasteiger partial charge in [0, 0.05) is 22.3 Å². The number of hydrogen-bond donors (Lipinski definition) is 0. The molecule has 12 heteroatoms. The molecule has 5 nitrogen and oxygen atoms in total. The number of nitro benzene ring substituents is 1. The van der Waals surface area contributed by atoms with Crippen LogP contribution in [0.5, 0.6) is 0 Å². The van der Waals surface area contributed by atoms with Gasteiger partial charge in [0.1, 0.15) is 4.90 Å². The maximum atomic E-state index is 12.8. The van der Waals surface area contributed by atoms with Gasteiger partial charge in [-0.05, 0) is 6.07 Å². The van der Waals surface area contributed by atoms with Crippen molar-refractivity contribution < 1.29 is 35.3 Å². The molecule has 0 N–H and O–H groups in total. The minimum atomic E-state index is -5.55. The number of nitrogens with zero attached hydrogens (tertiary/aromatic N) is 1. The SMILES string of the molecule is O=[N+]([O-])c1ccc(C(F)F)c(S(=O)(=O)Cl)c1C(F)(F)F. The third-order valence-corrected chi connectivity index (χ3v) is 3.52. The molecular weight excluding hydrogens is 337 g/mol. The Morgan fingerprint density at radius 3 is 2.05 bits per heavy atom. The molecule has 0 saturated carbocycles. The molecule has 0 unspecified atom stereocenters. The molecule has 0 atom stereocenters. The van der Waals surface area contributed by atoms with Crippen LogP contribution in [-0.4, -0.2) is 13.3 Å². The first-order chi connectivity index (χ1) is 8.87. The second-order valence-corrected chi connectivity index (χ2v) is 5.87. The molecule has 1 rings (SSSR count). The van der Waals surface area contributed by atoms with Crippen LogP contribution in [0.25, 0.3) is 0 Å². The normalized spacial score (nSPS) is 12.8. The highest BCUT2D eigenvalue weighted by atomic mass is 35.7. The van der Waals surface area contributed by atoms with Gasteiger partial charge < -0.3 is 0 Å². The van der Waals surface area contributed by atoms with Crippen LogP contribution in [0.1, 0.15) is 17.6 Å². The first kappa shape index (κ1) is 16.6. The number of benzene rings is 1. The molecule has 20 heavy (non-hydrogen) atoms. The molecule has 0 amide bonds. The van der Waals surface area contributed by atoms with E-state index in [9.17, 15) is 40.5 Å². The second kappa shape index (κ2) is 5.13. The molecule has 1 aromatic carbocycles. The lowest BCUT2D eigenvalue weighted by Crippen LogP contribution is -2.16. The molecule has 0 saturated heterocycles. The Balaban J connectivity index is 4.00. The molecule has 112 valence electrons. The Hall–Kier alpha value is -1.49. The molecule has 0 spiro atoms. The van der Waals surface area contributed by atoms with E-state index >= 15 is 0 Å². The van der Waals surface area contributed by atoms with E-state index in [1.807, 2.05) is 0 Å². The maximum absolute atomic E-state index is 12.8. The highest BCUT2D eigenvalue weighted by Gasteiger charge is 2.46. The van der Waals surface area contributed by atoms with Crippen molar-refractivity contribution in [3.63, 3.8) is 0 Å². The predicted octanol–water partition coefficient (Wildman–Crippen LogP) is 3.48. The molecule has 0 radical (unpaired) electrons. The summed E-state index contributed by atoms with van der Waals surface area (Å²) in [6, 6.07) is 0.364.